The van der Waals surface area contributed by atoms with Crippen molar-refractivity contribution >= 4 is 21.6 Å². The van der Waals surface area contributed by atoms with Crippen LogP contribution in [0.25, 0.3) is 0 Å². The highest BCUT2D eigenvalue weighted by atomic mass is 79.9. The van der Waals surface area contributed by atoms with Crippen LogP contribution in [-0.4, -0.2) is 12.2 Å². The van der Waals surface area contributed by atoms with Gasteiger partial charge in [0.25, 0.3) is 0 Å². The third-order valence-corrected chi connectivity index (χ3v) is 3.82. The van der Waals surface area contributed by atoms with E-state index in [-0.39, 0.29) is 0 Å². The Morgan fingerprint density at radius 3 is 2.35 bits per heavy atom. The highest BCUT2D eigenvalue weighted by Crippen LogP contribution is 2.28. The van der Waals surface area contributed by atoms with E-state index in [0.29, 0.717) is 12.3 Å². The molecular weight excluding hydrogens is 318 g/mol. The molecule has 0 aliphatic carbocycles. The maximum Gasteiger partial charge on any atom is 0.133 e. The third-order valence-electron chi connectivity index (χ3n) is 3.20. The zero-order chi connectivity index (χ0) is 14.7. The Kier molecular flexibility index (Phi) is 4.55. The van der Waals surface area contributed by atoms with Crippen molar-refractivity contribution in [2.24, 2.45) is 0 Å². The summed E-state index contributed by atoms with van der Waals surface area (Å²) in [6, 6.07) is 9.87. The van der Waals surface area contributed by atoms with E-state index in [1.807, 2.05) is 44.2 Å². The number of ether oxygens (including phenoxy) is 1. The summed E-state index contributed by atoms with van der Waals surface area (Å²) in [5.41, 5.74) is 3.96. The van der Waals surface area contributed by atoms with Crippen molar-refractivity contribution in [1.29, 1.82) is 0 Å². The predicted octanol–water partition coefficient (Wildman–Crippen LogP) is 4.39. The second-order valence-electron chi connectivity index (χ2n) is 4.78. The first-order valence-corrected chi connectivity index (χ1v) is 7.17. The molecular formula is C16H18BrNO2. The van der Waals surface area contributed by atoms with Crippen LogP contribution in [0.5, 0.6) is 11.5 Å². The van der Waals surface area contributed by atoms with Crippen LogP contribution < -0.4 is 10.1 Å². The number of halogens is 1. The van der Waals surface area contributed by atoms with Gasteiger partial charge < -0.3 is 15.2 Å². The van der Waals surface area contributed by atoms with Gasteiger partial charge in [0, 0.05) is 12.2 Å². The van der Waals surface area contributed by atoms with Gasteiger partial charge in [-0.3, -0.25) is 0 Å². The SMILES string of the molecule is COc1ccc(NCc2cc(C)c(O)c(C)c2)cc1Br. The molecule has 2 N–H and O–H groups in total. The number of methoxy groups -OCH3 is 1. The zero-order valence-corrected chi connectivity index (χ0v) is 13.4. The Morgan fingerprint density at radius 1 is 1.15 bits per heavy atom. The molecule has 0 heterocycles. The van der Waals surface area contributed by atoms with E-state index in [0.717, 1.165) is 32.6 Å². The smallest absolute Gasteiger partial charge is 0.133 e. The highest BCUT2D eigenvalue weighted by molar-refractivity contribution is 9.10. The van der Waals surface area contributed by atoms with Crippen molar-refractivity contribution < 1.29 is 9.84 Å². The molecule has 0 unspecified atom stereocenters. The Balaban J connectivity index is 2.11. The zero-order valence-electron chi connectivity index (χ0n) is 11.8. The summed E-state index contributed by atoms with van der Waals surface area (Å²) >= 11 is 3.47. The van der Waals surface area contributed by atoms with Crippen LogP contribution >= 0.6 is 15.9 Å². The molecule has 0 aromatic heterocycles. The number of phenolic OH excluding ortho intramolecular Hbond substituents is 1. The minimum Gasteiger partial charge on any atom is -0.507 e. The van der Waals surface area contributed by atoms with Crippen LogP contribution in [0.3, 0.4) is 0 Å². The molecule has 0 fully saturated rings. The molecule has 0 atom stereocenters. The van der Waals surface area contributed by atoms with E-state index < -0.39 is 0 Å². The normalized spacial score (nSPS) is 10.4. The van der Waals surface area contributed by atoms with E-state index in [9.17, 15) is 5.11 Å². The molecule has 0 spiro atoms. The number of benzene rings is 2. The van der Waals surface area contributed by atoms with Gasteiger partial charge in [0.2, 0.25) is 0 Å². The van der Waals surface area contributed by atoms with E-state index in [4.69, 9.17) is 4.74 Å². The van der Waals surface area contributed by atoms with E-state index in [1.165, 1.54) is 0 Å². The molecule has 20 heavy (non-hydrogen) atoms. The molecule has 0 saturated heterocycles. The molecule has 106 valence electrons. The van der Waals surface area contributed by atoms with Crippen LogP contribution in [0.15, 0.2) is 34.8 Å². The number of anilines is 1. The molecule has 0 saturated carbocycles. The number of nitrogens with one attached hydrogen (secondary N) is 1. The van der Waals surface area contributed by atoms with Gasteiger partial charge in [-0.25, -0.2) is 0 Å². The standard InChI is InChI=1S/C16H18BrNO2/c1-10-6-12(7-11(2)16(10)19)9-18-13-4-5-15(20-3)14(17)8-13/h4-8,18-19H,9H2,1-3H3. The molecule has 4 heteroatoms. The summed E-state index contributed by atoms with van der Waals surface area (Å²) in [6.07, 6.45) is 0. The van der Waals surface area contributed by atoms with Gasteiger partial charge in [0.05, 0.1) is 11.6 Å². The molecule has 0 bridgehead atoms. The van der Waals surface area contributed by atoms with Gasteiger partial charge in [0.1, 0.15) is 11.5 Å². The topological polar surface area (TPSA) is 41.5 Å². The van der Waals surface area contributed by atoms with Crippen molar-refractivity contribution in [2.75, 3.05) is 12.4 Å². The van der Waals surface area contributed by atoms with Gasteiger partial charge in [-0.1, -0.05) is 12.1 Å². The van der Waals surface area contributed by atoms with Crippen LogP contribution in [0, 0.1) is 13.8 Å². The number of hydrogen-bond donors (Lipinski definition) is 2. The Hall–Kier alpha value is -1.68. The van der Waals surface area contributed by atoms with E-state index in [1.54, 1.807) is 7.11 Å². The lowest BCUT2D eigenvalue weighted by Crippen LogP contribution is -2.00. The molecule has 2 aromatic carbocycles. The molecule has 0 aliphatic rings. The van der Waals surface area contributed by atoms with Crippen molar-refractivity contribution in [2.45, 2.75) is 20.4 Å². The van der Waals surface area contributed by atoms with Gasteiger partial charge in [0.15, 0.2) is 0 Å². The average molecular weight is 336 g/mol. The van der Waals surface area contributed by atoms with E-state index in [2.05, 4.69) is 21.2 Å². The minimum atomic E-state index is 0.376. The number of rotatable bonds is 4. The number of aromatic hydroxyl groups is 1. The van der Waals surface area contributed by atoms with Crippen molar-refractivity contribution in [1.82, 2.24) is 0 Å². The maximum atomic E-state index is 9.77. The van der Waals surface area contributed by atoms with Crippen LogP contribution in [0.1, 0.15) is 16.7 Å². The first-order valence-electron chi connectivity index (χ1n) is 6.37. The van der Waals surface area contributed by atoms with Gasteiger partial charge >= 0.3 is 0 Å². The molecule has 2 aromatic rings. The first kappa shape index (κ1) is 14.7. The van der Waals surface area contributed by atoms with Crippen LogP contribution in [-0.2, 0) is 6.54 Å². The lowest BCUT2D eigenvalue weighted by Gasteiger charge is -2.11. The monoisotopic (exact) mass is 335 g/mol. The van der Waals surface area contributed by atoms with Gasteiger partial charge in [-0.2, -0.15) is 0 Å². The molecule has 0 aliphatic heterocycles. The summed E-state index contributed by atoms with van der Waals surface area (Å²) in [7, 11) is 1.65. The van der Waals surface area contributed by atoms with Crippen molar-refractivity contribution in [3.63, 3.8) is 0 Å². The molecule has 3 nitrogen and oxygen atoms in total. The van der Waals surface area contributed by atoms with E-state index >= 15 is 0 Å². The number of phenols is 1. The van der Waals surface area contributed by atoms with Crippen LogP contribution in [0.4, 0.5) is 5.69 Å². The van der Waals surface area contributed by atoms with Gasteiger partial charge in [-0.15, -0.1) is 0 Å². The fourth-order valence-electron chi connectivity index (χ4n) is 2.13. The van der Waals surface area contributed by atoms with Crippen molar-refractivity contribution in [3.8, 4) is 11.5 Å². The quantitative estimate of drug-likeness (QED) is 0.870. The summed E-state index contributed by atoms with van der Waals surface area (Å²) in [6.45, 7) is 4.53. The molecule has 0 radical (unpaired) electrons. The van der Waals surface area contributed by atoms with Gasteiger partial charge in [-0.05, 0) is 64.7 Å². The fourth-order valence-corrected chi connectivity index (χ4v) is 2.67. The summed E-state index contributed by atoms with van der Waals surface area (Å²) < 4.78 is 6.12. The summed E-state index contributed by atoms with van der Waals surface area (Å²) in [4.78, 5) is 0. The maximum absolute atomic E-state index is 9.77. The Morgan fingerprint density at radius 2 is 1.80 bits per heavy atom. The highest BCUT2D eigenvalue weighted by Gasteiger charge is 2.04. The predicted molar refractivity (Wildman–Crippen MR) is 85.6 cm³/mol. The number of aryl methyl sites for hydroxylation is 2. The average Bonchev–Trinajstić information content (AvgIpc) is 2.42. The first-order chi connectivity index (χ1) is 9.51. The Labute approximate surface area is 127 Å². The molecule has 2 rings (SSSR count). The molecule has 0 amide bonds. The number of hydrogen-bond acceptors (Lipinski definition) is 3. The summed E-state index contributed by atoms with van der Waals surface area (Å²) in [5.74, 6) is 1.19. The van der Waals surface area contributed by atoms with Crippen molar-refractivity contribution in [3.05, 3.63) is 51.5 Å². The van der Waals surface area contributed by atoms with Crippen LogP contribution in [0.2, 0.25) is 0 Å². The second kappa shape index (κ2) is 6.18. The lowest BCUT2D eigenvalue weighted by molar-refractivity contribution is 0.412. The third kappa shape index (κ3) is 3.25. The Bertz CT molecular complexity index is 603. The second-order valence-corrected chi connectivity index (χ2v) is 5.64. The summed E-state index contributed by atoms with van der Waals surface area (Å²) in [5, 5.41) is 13.1. The lowest BCUT2D eigenvalue weighted by atomic mass is 10.1. The minimum absolute atomic E-state index is 0.376. The fraction of sp³-hybridized carbons (Fsp3) is 0.250. The largest absolute Gasteiger partial charge is 0.507 e.